The zero-order valence-electron chi connectivity index (χ0n) is 15.0. The molecule has 136 valence electrons. The molecule has 0 aromatic heterocycles. The molecule has 0 spiro atoms. The molecule has 0 bridgehead atoms. The van der Waals surface area contributed by atoms with Gasteiger partial charge in [0.25, 0.3) is 0 Å². The van der Waals surface area contributed by atoms with Crippen molar-refractivity contribution in [3.8, 4) is 0 Å². The van der Waals surface area contributed by atoms with Gasteiger partial charge in [0.2, 0.25) is 5.91 Å². The smallest absolute Gasteiger partial charge is 0.225 e. The quantitative estimate of drug-likeness (QED) is 0.840. The maximum Gasteiger partial charge on any atom is 0.225 e. The van der Waals surface area contributed by atoms with Crippen molar-refractivity contribution in [3.05, 3.63) is 35.4 Å². The van der Waals surface area contributed by atoms with E-state index in [-0.39, 0.29) is 12.0 Å². The molecule has 2 fully saturated rings. The van der Waals surface area contributed by atoms with Crippen LogP contribution in [0.4, 0.5) is 0 Å². The Kier molecular flexibility index (Phi) is 5.06. The number of morpholine rings is 1. The Morgan fingerprint density at radius 1 is 1.16 bits per heavy atom. The van der Waals surface area contributed by atoms with Gasteiger partial charge in [0.05, 0.1) is 32.3 Å². The van der Waals surface area contributed by atoms with Crippen LogP contribution >= 0.6 is 0 Å². The van der Waals surface area contributed by atoms with Gasteiger partial charge >= 0.3 is 0 Å². The van der Waals surface area contributed by atoms with Crippen LogP contribution in [0.15, 0.2) is 24.3 Å². The minimum Gasteiger partial charge on any atom is -0.379 e. The summed E-state index contributed by atoms with van der Waals surface area (Å²) in [5, 5.41) is 0. The topological polar surface area (TPSA) is 42.0 Å². The molecule has 1 aromatic carbocycles. The fourth-order valence-corrected chi connectivity index (χ4v) is 4.47. The predicted molar refractivity (Wildman–Crippen MR) is 95.4 cm³/mol. The van der Waals surface area contributed by atoms with Crippen molar-refractivity contribution >= 4 is 5.91 Å². The SMILES string of the molecule is C[C@@H]1CN(C(=O)C[C@@H]2OCCc3ccccc32)C[C@@H]1N1CCOCC1. The predicted octanol–water partition coefficient (Wildman–Crippen LogP) is 1.87. The van der Waals surface area contributed by atoms with Crippen molar-refractivity contribution in [2.24, 2.45) is 5.92 Å². The number of ether oxygens (including phenoxy) is 2. The van der Waals surface area contributed by atoms with E-state index < -0.39 is 0 Å². The first-order valence-electron chi connectivity index (χ1n) is 9.51. The van der Waals surface area contributed by atoms with Gasteiger partial charge in [-0.2, -0.15) is 0 Å². The maximum atomic E-state index is 12.9. The summed E-state index contributed by atoms with van der Waals surface area (Å²) in [7, 11) is 0. The average molecular weight is 344 g/mol. The normalized spacial score (nSPS) is 30.3. The van der Waals surface area contributed by atoms with Crippen LogP contribution in [0.25, 0.3) is 0 Å². The summed E-state index contributed by atoms with van der Waals surface area (Å²) in [5.41, 5.74) is 2.52. The molecule has 3 heterocycles. The fraction of sp³-hybridized carbons (Fsp3) is 0.650. The zero-order chi connectivity index (χ0) is 17.2. The number of nitrogens with zero attached hydrogens (tertiary/aromatic N) is 2. The van der Waals surface area contributed by atoms with Crippen LogP contribution in [-0.4, -0.2) is 67.7 Å². The second-order valence-electron chi connectivity index (χ2n) is 7.50. The molecule has 0 N–H and O–H groups in total. The van der Waals surface area contributed by atoms with Crippen LogP contribution in [0.5, 0.6) is 0 Å². The number of fused-ring (bicyclic) bond motifs is 1. The number of carbonyl (C=O) groups is 1. The third-order valence-electron chi connectivity index (χ3n) is 5.89. The summed E-state index contributed by atoms with van der Waals surface area (Å²) < 4.78 is 11.4. The van der Waals surface area contributed by atoms with Crippen LogP contribution < -0.4 is 0 Å². The monoisotopic (exact) mass is 344 g/mol. The number of hydrogen-bond acceptors (Lipinski definition) is 4. The maximum absolute atomic E-state index is 12.9. The highest BCUT2D eigenvalue weighted by Crippen LogP contribution is 2.31. The molecule has 25 heavy (non-hydrogen) atoms. The minimum absolute atomic E-state index is 0.0878. The third-order valence-corrected chi connectivity index (χ3v) is 5.89. The van der Waals surface area contributed by atoms with Crippen molar-refractivity contribution in [2.75, 3.05) is 46.0 Å². The molecular weight excluding hydrogens is 316 g/mol. The Morgan fingerprint density at radius 2 is 1.96 bits per heavy atom. The molecule has 0 radical (unpaired) electrons. The standard InChI is InChI=1S/C20H28N2O3/c1-15-13-22(14-18(15)21-7-10-24-11-8-21)20(23)12-19-17-5-3-2-4-16(17)6-9-25-19/h2-5,15,18-19H,6-14H2,1H3/t15-,18+,19+/m1/s1. The number of rotatable bonds is 3. The summed E-state index contributed by atoms with van der Waals surface area (Å²) >= 11 is 0. The Hall–Kier alpha value is -1.43. The van der Waals surface area contributed by atoms with E-state index in [0.717, 1.165) is 45.8 Å². The van der Waals surface area contributed by atoms with Gasteiger partial charge in [-0.05, 0) is 23.5 Å². The molecule has 5 heteroatoms. The summed E-state index contributed by atoms with van der Waals surface area (Å²) in [4.78, 5) is 17.4. The van der Waals surface area contributed by atoms with Gasteiger partial charge in [-0.15, -0.1) is 0 Å². The molecule has 3 atom stereocenters. The molecule has 1 aromatic rings. The highest BCUT2D eigenvalue weighted by Gasteiger charge is 2.37. The zero-order valence-corrected chi connectivity index (χ0v) is 15.0. The first-order valence-corrected chi connectivity index (χ1v) is 9.51. The molecule has 2 saturated heterocycles. The lowest BCUT2D eigenvalue weighted by atomic mass is 9.95. The van der Waals surface area contributed by atoms with Gasteiger partial charge in [0.1, 0.15) is 0 Å². The van der Waals surface area contributed by atoms with Gasteiger partial charge in [-0.25, -0.2) is 0 Å². The first kappa shape index (κ1) is 17.0. The van der Waals surface area contributed by atoms with Crippen LogP contribution in [0.2, 0.25) is 0 Å². The molecule has 0 saturated carbocycles. The van der Waals surface area contributed by atoms with Crippen LogP contribution in [-0.2, 0) is 20.7 Å². The lowest BCUT2D eigenvalue weighted by molar-refractivity contribution is -0.134. The van der Waals surface area contributed by atoms with E-state index in [4.69, 9.17) is 9.47 Å². The van der Waals surface area contributed by atoms with Gasteiger partial charge in [0.15, 0.2) is 0 Å². The Labute approximate surface area is 149 Å². The van der Waals surface area contributed by atoms with Crippen molar-refractivity contribution < 1.29 is 14.3 Å². The summed E-state index contributed by atoms with van der Waals surface area (Å²) in [6.45, 7) is 8.26. The number of likely N-dealkylation sites (tertiary alicyclic amines) is 1. The van der Waals surface area contributed by atoms with E-state index in [1.165, 1.54) is 11.1 Å². The number of benzene rings is 1. The fourth-order valence-electron chi connectivity index (χ4n) is 4.47. The third kappa shape index (κ3) is 3.59. The molecule has 0 unspecified atom stereocenters. The van der Waals surface area contributed by atoms with Gasteiger partial charge < -0.3 is 14.4 Å². The Balaban J connectivity index is 1.39. The minimum atomic E-state index is -0.0878. The Morgan fingerprint density at radius 3 is 2.80 bits per heavy atom. The Bertz CT molecular complexity index is 615. The number of carbonyl (C=O) groups excluding carboxylic acids is 1. The molecule has 4 rings (SSSR count). The highest BCUT2D eigenvalue weighted by molar-refractivity contribution is 5.77. The van der Waals surface area contributed by atoms with Crippen molar-refractivity contribution in [1.82, 2.24) is 9.80 Å². The van der Waals surface area contributed by atoms with Crippen molar-refractivity contribution in [2.45, 2.75) is 31.9 Å². The van der Waals surface area contributed by atoms with E-state index in [9.17, 15) is 4.79 Å². The number of amides is 1. The van der Waals surface area contributed by atoms with E-state index in [2.05, 4.69) is 30.0 Å². The molecule has 5 nitrogen and oxygen atoms in total. The van der Waals surface area contributed by atoms with Crippen LogP contribution in [0.3, 0.4) is 0 Å². The largest absolute Gasteiger partial charge is 0.379 e. The summed E-state index contributed by atoms with van der Waals surface area (Å²) in [6, 6.07) is 8.83. The van der Waals surface area contributed by atoms with E-state index in [1.807, 2.05) is 11.0 Å². The molecular formula is C20H28N2O3. The van der Waals surface area contributed by atoms with Crippen LogP contribution in [0, 0.1) is 5.92 Å². The lowest BCUT2D eigenvalue weighted by Gasteiger charge is -2.34. The van der Waals surface area contributed by atoms with Gasteiger partial charge in [-0.3, -0.25) is 9.69 Å². The van der Waals surface area contributed by atoms with E-state index in [1.54, 1.807) is 0 Å². The lowest BCUT2D eigenvalue weighted by Crippen LogP contribution is -2.47. The van der Waals surface area contributed by atoms with Crippen LogP contribution in [0.1, 0.15) is 30.6 Å². The van der Waals surface area contributed by atoms with Gasteiger partial charge in [-0.1, -0.05) is 31.2 Å². The van der Waals surface area contributed by atoms with Gasteiger partial charge in [0, 0.05) is 32.2 Å². The molecule has 3 aliphatic rings. The number of hydrogen-bond donors (Lipinski definition) is 0. The molecule has 3 aliphatic heterocycles. The van der Waals surface area contributed by atoms with Crippen molar-refractivity contribution in [1.29, 1.82) is 0 Å². The average Bonchev–Trinajstić information content (AvgIpc) is 3.05. The molecule has 0 aliphatic carbocycles. The molecule has 1 amide bonds. The van der Waals surface area contributed by atoms with E-state index >= 15 is 0 Å². The van der Waals surface area contributed by atoms with Crippen molar-refractivity contribution in [3.63, 3.8) is 0 Å². The second kappa shape index (κ2) is 7.44. The summed E-state index contributed by atoms with van der Waals surface area (Å²) in [6.07, 6.45) is 1.32. The first-order chi connectivity index (χ1) is 12.2. The second-order valence-corrected chi connectivity index (χ2v) is 7.50. The van der Waals surface area contributed by atoms with E-state index in [0.29, 0.717) is 25.0 Å². The highest BCUT2D eigenvalue weighted by atomic mass is 16.5. The summed E-state index contributed by atoms with van der Waals surface area (Å²) in [5.74, 6) is 0.742.